The normalized spacial score (nSPS) is 8.29. The van der Waals surface area contributed by atoms with Crippen LogP contribution in [-0.4, -0.2) is 25.1 Å². The third kappa shape index (κ3) is 3.26. The van der Waals surface area contributed by atoms with Crippen molar-refractivity contribution in [1.82, 2.24) is 5.06 Å². The summed E-state index contributed by atoms with van der Waals surface area (Å²) in [6.45, 7) is 2.36. The first kappa shape index (κ1) is 6.43. The number of nitrogens with zero attached hydrogens (tertiary/aromatic N) is 1. The SMILES string of the molecule is CCON(C)C=O. The van der Waals surface area contributed by atoms with Gasteiger partial charge in [0.2, 0.25) is 6.41 Å². The van der Waals surface area contributed by atoms with Crippen LogP contribution in [0, 0.1) is 0 Å². The van der Waals surface area contributed by atoms with E-state index in [4.69, 9.17) is 0 Å². The molecule has 0 aliphatic heterocycles. The maximum absolute atomic E-state index is 9.70. The van der Waals surface area contributed by atoms with E-state index < -0.39 is 0 Å². The van der Waals surface area contributed by atoms with Gasteiger partial charge in [-0.3, -0.25) is 9.63 Å². The van der Waals surface area contributed by atoms with E-state index in [1.807, 2.05) is 6.92 Å². The number of carbonyl (C=O) groups excluding carboxylic acids is 1. The van der Waals surface area contributed by atoms with Crippen molar-refractivity contribution >= 4 is 6.41 Å². The fourth-order valence-electron chi connectivity index (χ4n) is 0.234. The molecule has 0 aromatic rings. The summed E-state index contributed by atoms with van der Waals surface area (Å²) in [5.41, 5.74) is 0. The molecule has 0 spiro atoms. The second-order valence-corrected chi connectivity index (χ2v) is 1.07. The quantitative estimate of drug-likeness (QED) is 0.372. The Bertz CT molecular complexity index is 55.7. The first-order valence-corrected chi connectivity index (χ1v) is 2.12. The van der Waals surface area contributed by atoms with E-state index in [0.29, 0.717) is 13.0 Å². The Labute approximate surface area is 42.8 Å². The van der Waals surface area contributed by atoms with Gasteiger partial charge in [-0.05, 0) is 6.92 Å². The minimum Gasteiger partial charge on any atom is -0.276 e. The van der Waals surface area contributed by atoms with Crippen LogP contribution < -0.4 is 0 Å². The molecule has 3 heteroatoms. The molecule has 0 radical (unpaired) electrons. The molecule has 0 bridgehead atoms. The van der Waals surface area contributed by atoms with Crippen LogP contribution in [0.15, 0.2) is 0 Å². The first-order valence-electron chi connectivity index (χ1n) is 2.12. The van der Waals surface area contributed by atoms with Gasteiger partial charge in [-0.2, -0.15) is 0 Å². The van der Waals surface area contributed by atoms with Crippen molar-refractivity contribution in [3.8, 4) is 0 Å². The minimum absolute atomic E-state index is 0.537. The third-order valence-corrected chi connectivity index (χ3v) is 0.481. The van der Waals surface area contributed by atoms with Gasteiger partial charge in [0.25, 0.3) is 0 Å². The van der Waals surface area contributed by atoms with Crippen LogP contribution in [0.1, 0.15) is 6.92 Å². The van der Waals surface area contributed by atoms with Crippen LogP contribution in [0.5, 0.6) is 0 Å². The van der Waals surface area contributed by atoms with Crippen molar-refractivity contribution in [2.45, 2.75) is 6.92 Å². The largest absolute Gasteiger partial charge is 0.276 e. The molecule has 1 amide bonds. The number of rotatable bonds is 3. The van der Waals surface area contributed by atoms with Crippen LogP contribution in [0.2, 0.25) is 0 Å². The van der Waals surface area contributed by atoms with Crippen molar-refractivity contribution in [1.29, 1.82) is 0 Å². The second-order valence-electron chi connectivity index (χ2n) is 1.07. The maximum Gasteiger partial charge on any atom is 0.233 e. The van der Waals surface area contributed by atoms with E-state index in [9.17, 15) is 4.79 Å². The fourth-order valence-corrected chi connectivity index (χ4v) is 0.234. The standard InChI is InChI=1S/C4H9NO2/c1-3-7-5(2)4-6/h4H,3H2,1-2H3. The highest BCUT2D eigenvalue weighted by atomic mass is 16.7. The third-order valence-electron chi connectivity index (χ3n) is 0.481. The fraction of sp³-hybridized carbons (Fsp3) is 0.750. The zero-order valence-electron chi connectivity index (χ0n) is 4.55. The Kier molecular flexibility index (Phi) is 3.32. The summed E-state index contributed by atoms with van der Waals surface area (Å²) >= 11 is 0. The molecule has 42 valence electrons. The highest BCUT2D eigenvalue weighted by Gasteiger charge is 1.84. The predicted octanol–water partition coefficient (Wildman–Crippen LogP) is 0.0261. The molecule has 0 saturated heterocycles. The van der Waals surface area contributed by atoms with E-state index in [2.05, 4.69) is 4.84 Å². The molecular weight excluding hydrogens is 94.0 g/mol. The lowest BCUT2D eigenvalue weighted by Gasteiger charge is -2.06. The number of hydroxylamine groups is 2. The Balaban J connectivity index is 2.98. The average Bonchev–Trinajstić information content (AvgIpc) is 1.68. The van der Waals surface area contributed by atoms with Gasteiger partial charge in [-0.1, -0.05) is 0 Å². The highest BCUT2D eigenvalue weighted by molar-refractivity contribution is 5.44. The van der Waals surface area contributed by atoms with Crippen LogP contribution in [-0.2, 0) is 9.63 Å². The van der Waals surface area contributed by atoms with E-state index in [0.717, 1.165) is 5.06 Å². The van der Waals surface area contributed by atoms with Crippen molar-refractivity contribution in [3.05, 3.63) is 0 Å². The maximum atomic E-state index is 9.70. The van der Waals surface area contributed by atoms with Crippen molar-refractivity contribution in [2.75, 3.05) is 13.7 Å². The topological polar surface area (TPSA) is 29.5 Å². The van der Waals surface area contributed by atoms with E-state index in [1.165, 1.54) is 0 Å². The summed E-state index contributed by atoms with van der Waals surface area (Å²) in [5.74, 6) is 0. The first-order chi connectivity index (χ1) is 3.31. The van der Waals surface area contributed by atoms with Gasteiger partial charge in [0.1, 0.15) is 0 Å². The summed E-state index contributed by atoms with van der Waals surface area (Å²) in [4.78, 5) is 14.4. The molecule has 0 heterocycles. The van der Waals surface area contributed by atoms with Crippen molar-refractivity contribution in [2.24, 2.45) is 0 Å². The summed E-state index contributed by atoms with van der Waals surface area (Å²) in [6.07, 6.45) is 0.615. The molecule has 0 N–H and O–H groups in total. The van der Waals surface area contributed by atoms with Crippen LogP contribution in [0.4, 0.5) is 0 Å². The molecule has 0 saturated carbocycles. The van der Waals surface area contributed by atoms with E-state index >= 15 is 0 Å². The molecule has 0 aliphatic carbocycles. The highest BCUT2D eigenvalue weighted by Crippen LogP contribution is 1.74. The predicted molar refractivity (Wildman–Crippen MR) is 25.5 cm³/mol. The van der Waals surface area contributed by atoms with Crippen LogP contribution in [0.25, 0.3) is 0 Å². The Morgan fingerprint density at radius 2 is 2.43 bits per heavy atom. The lowest BCUT2D eigenvalue weighted by atomic mass is 10.9. The van der Waals surface area contributed by atoms with Gasteiger partial charge in [-0.25, -0.2) is 5.06 Å². The van der Waals surface area contributed by atoms with Gasteiger partial charge in [0, 0.05) is 7.05 Å². The summed E-state index contributed by atoms with van der Waals surface area (Å²) in [5, 5.41) is 1.12. The lowest BCUT2D eigenvalue weighted by Crippen LogP contribution is -2.15. The molecule has 3 nitrogen and oxygen atoms in total. The molecule has 0 rings (SSSR count). The number of hydrogen-bond acceptors (Lipinski definition) is 2. The Morgan fingerprint density at radius 3 is 2.57 bits per heavy atom. The van der Waals surface area contributed by atoms with Gasteiger partial charge < -0.3 is 0 Å². The van der Waals surface area contributed by atoms with Crippen molar-refractivity contribution in [3.63, 3.8) is 0 Å². The van der Waals surface area contributed by atoms with Crippen molar-refractivity contribution < 1.29 is 9.63 Å². The van der Waals surface area contributed by atoms with Gasteiger partial charge in [0.15, 0.2) is 0 Å². The Hall–Kier alpha value is -0.570. The molecule has 0 aromatic carbocycles. The summed E-state index contributed by atoms with van der Waals surface area (Å²) in [6, 6.07) is 0. The molecular formula is C4H9NO2. The molecule has 7 heavy (non-hydrogen) atoms. The van der Waals surface area contributed by atoms with E-state index in [-0.39, 0.29) is 0 Å². The van der Waals surface area contributed by atoms with E-state index in [1.54, 1.807) is 7.05 Å². The summed E-state index contributed by atoms with van der Waals surface area (Å²) in [7, 11) is 1.55. The monoisotopic (exact) mass is 103 g/mol. The number of hydrogen-bond donors (Lipinski definition) is 0. The number of amides is 1. The zero-order valence-corrected chi connectivity index (χ0v) is 4.55. The lowest BCUT2D eigenvalue weighted by molar-refractivity contribution is -0.161. The molecule has 0 unspecified atom stereocenters. The molecule has 0 aliphatic rings. The van der Waals surface area contributed by atoms with Crippen LogP contribution in [0.3, 0.4) is 0 Å². The summed E-state index contributed by atoms with van der Waals surface area (Å²) < 4.78 is 0. The smallest absolute Gasteiger partial charge is 0.233 e. The van der Waals surface area contributed by atoms with Crippen LogP contribution >= 0.6 is 0 Å². The average molecular weight is 103 g/mol. The van der Waals surface area contributed by atoms with Gasteiger partial charge >= 0.3 is 0 Å². The molecule has 0 fully saturated rings. The molecule has 0 aromatic heterocycles. The Morgan fingerprint density at radius 1 is 1.86 bits per heavy atom. The zero-order chi connectivity index (χ0) is 5.70. The minimum atomic E-state index is 0.537. The van der Waals surface area contributed by atoms with Gasteiger partial charge in [-0.15, -0.1) is 0 Å². The van der Waals surface area contributed by atoms with Gasteiger partial charge in [0.05, 0.1) is 6.61 Å². The molecule has 0 atom stereocenters. The number of carbonyl (C=O) groups is 1. The second kappa shape index (κ2) is 3.61.